The molecule has 0 saturated heterocycles. The SMILES string of the molecule is Br.CC(Br)CN. The van der Waals surface area contributed by atoms with Crippen LogP contribution in [-0.4, -0.2) is 11.4 Å². The van der Waals surface area contributed by atoms with E-state index in [-0.39, 0.29) is 17.0 Å². The Kier molecular flexibility index (Phi) is 9.89. The third kappa shape index (κ3) is 8.87. The summed E-state index contributed by atoms with van der Waals surface area (Å²) in [5, 5.41) is 0. The molecule has 0 aromatic rings. The topological polar surface area (TPSA) is 26.0 Å². The average molecular weight is 219 g/mol. The van der Waals surface area contributed by atoms with Crippen LogP contribution in [0.3, 0.4) is 0 Å². The van der Waals surface area contributed by atoms with Crippen molar-refractivity contribution in [3.63, 3.8) is 0 Å². The molecular weight excluding hydrogens is 210 g/mol. The number of hydrogen-bond donors (Lipinski definition) is 1. The van der Waals surface area contributed by atoms with Gasteiger partial charge in [-0.3, -0.25) is 0 Å². The second-order valence-corrected chi connectivity index (χ2v) is 2.58. The van der Waals surface area contributed by atoms with Crippen molar-refractivity contribution < 1.29 is 0 Å². The first-order valence-corrected chi connectivity index (χ1v) is 2.53. The molecule has 0 spiro atoms. The highest BCUT2D eigenvalue weighted by atomic mass is 79.9. The van der Waals surface area contributed by atoms with E-state index in [1.54, 1.807) is 0 Å². The van der Waals surface area contributed by atoms with Gasteiger partial charge in [0.15, 0.2) is 0 Å². The maximum atomic E-state index is 5.12. The Balaban J connectivity index is 0. The molecule has 40 valence electrons. The van der Waals surface area contributed by atoms with Crippen LogP contribution in [0.4, 0.5) is 0 Å². The van der Waals surface area contributed by atoms with Gasteiger partial charge in [0, 0.05) is 11.4 Å². The maximum Gasteiger partial charge on any atom is 0.0240 e. The Morgan fingerprint density at radius 2 is 2.00 bits per heavy atom. The maximum absolute atomic E-state index is 5.12. The molecule has 0 heterocycles. The minimum atomic E-state index is 0. The first-order valence-electron chi connectivity index (χ1n) is 1.61. The Morgan fingerprint density at radius 1 is 1.83 bits per heavy atom. The van der Waals surface area contributed by atoms with Crippen LogP contribution in [-0.2, 0) is 0 Å². The molecule has 2 N–H and O–H groups in total. The predicted octanol–water partition coefficient (Wildman–Crippen LogP) is 1.31. The standard InChI is InChI=1S/C3H8BrN.BrH/c1-3(4)2-5;/h3H,2,5H2,1H3;1H. The van der Waals surface area contributed by atoms with Crippen molar-refractivity contribution in [1.29, 1.82) is 0 Å². The summed E-state index contributed by atoms with van der Waals surface area (Å²) >= 11 is 3.25. The number of alkyl halides is 1. The molecule has 0 aliphatic heterocycles. The second kappa shape index (κ2) is 5.92. The van der Waals surface area contributed by atoms with Crippen molar-refractivity contribution >= 4 is 32.9 Å². The summed E-state index contributed by atoms with van der Waals surface area (Å²) < 4.78 is 0. The molecule has 0 radical (unpaired) electrons. The third-order valence-electron chi connectivity index (χ3n) is 0.325. The number of rotatable bonds is 1. The molecule has 0 rings (SSSR count). The van der Waals surface area contributed by atoms with Gasteiger partial charge >= 0.3 is 0 Å². The first kappa shape index (κ1) is 10.0. The molecular formula is C3H9Br2N. The molecule has 3 heteroatoms. The fourth-order valence-electron chi connectivity index (χ4n) is 0. The van der Waals surface area contributed by atoms with Crippen molar-refractivity contribution in [2.45, 2.75) is 11.8 Å². The highest BCUT2D eigenvalue weighted by Crippen LogP contribution is 1.89. The molecule has 0 saturated carbocycles. The monoisotopic (exact) mass is 217 g/mol. The Morgan fingerprint density at radius 3 is 2.00 bits per heavy atom. The third-order valence-corrected chi connectivity index (χ3v) is 0.699. The molecule has 0 aromatic carbocycles. The van der Waals surface area contributed by atoms with E-state index in [4.69, 9.17) is 5.73 Å². The van der Waals surface area contributed by atoms with Crippen LogP contribution in [0.1, 0.15) is 6.92 Å². The van der Waals surface area contributed by atoms with Crippen molar-refractivity contribution in [3.8, 4) is 0 Å². The zero-order valence-corrected chi connectivity index (χ0v) is 6.95. The van der Waals surface area contributed by atoms with Crippen LogP contribution in [0.15, 0.2) is 0 Å². The Hall–Kier alpha value is 0.920. The fourth-order valence-corrected chi connectivity index (χ4v) is 0. The highest BCUT2D eigenvalue weighted by molar-refractivity contribution is 9.09. The molecule has 0 aromatic heterocycles. The van der Waals surface area contributed by atoms with Crippen LogP contribution >= 0.6 is 32.9 Å². The molecule has 0 fully saturated rings. The molecule has 6 heavy (non-hydrogen) atoms. The molecule has 1 atom stereocenters. The minimum absolute atomic E-state index is 0. The lowest BCUT2D eigenvalue weighted by Gasteiger charge is -1.88. The molecule has 1 nitrogen and oxygen atoms in total. The number of nitrogens with two attached hydrogens (primary N) is 1. The zero-order chi connectivity index (χ0) is 4.28. The largest absolute Gasteiger partial charge is 0.329 e. The van der Waals surface area contributed by atoms with Gasteiger partial charge < -0.3 is 5.73 Å². The van der Waals surface area contributed by atoms with Crippen LogP contribution in [0, 0.1) is 0 Å². The lowest BCUT2D eigenvalue weighted by Crippen LogP contribution is -2.08. The van der Waals surface area contributed by atoms with E-state index in [9.17, 15) is 0 Å². The summed E-state index contributed by atoms with van der Waals surface area (Å²) in [6.45, 7) is 2.74. The summed E-state index contributed by atoms with van der Waals surface area (Å²) in [5.74, 6) is 0. The summed E-state index contributed by atoms with van der Waals surface area (Å²) in [5.41, 5.74) is 5.12. The highest BCUT2D eigenvalue weighted by Gasteiger charge is 1.82. The van der Waals surface area contributed by atoms with Gasteiger partial charge in [0.2, 0.25) is 0 Å². The van der Waals surface area contributed by atoms with E-state index in [0.29, 0.717) is 4.83 Å². The zero-order valence-electron chi connectivity index (χ0n) is 3.65. The molecule has 0 aliphatic rings. The summed E-state index contributed by atoms with van der Waals surface area (Å²) in [6.07, 6.45) is 0. The molecule has 1 unspecified atom stereocenters. The minimum Gasteiger partial charge on any atom is -0.329 e. The molecule has 0 bridgehead atoms. The quantitative estimate of drug-likeness (QED) is 0.661. The van der Waals surface area contributed by atoms with Crippen molar-refractivity contribution in [2.75, 3.05) is 6.54 Å². The van der Waals surface area contributed by atoms with E-state index in [1.165, 1.54) is 0 Å². The molecule has 0 aliphatic carbocycles. The van der Waals surface area contributed by atoms with Gasteiger partial charge in [-0.25, -0.2) is 0 Å². The van der Waals surface area contributed by atoms with Gasteiger partial charge in [-0.05, 0) is 0 Å². The first-order chi connectivity index (χ1) is 2.27. The van der Waals surface area contributed by atoms with Gasteiger partial charge in [-0.15, -0.1) is 17.0 Å². The van der Waals surface area contributed by atoms with Crippen molar-refractivity contribution in [3.05, 3.63) is 0 Å². The van der Waals surface area contributed by atoms with Crippen LogP contribution in [0.5, 0.6) is 0 Å². The van der Waals surface area contributed by atoms with Crippen LogP contribution in [0.2, 0.25) is 0 Å². The van der Waals surface area contributed by atoms with E-state index in [0.717, 1.165) is 6.54 Å². The second-order valence-electron chi connectivity index (χ2n) is 1.02. The Labute approximate surface area is 57.2 Å². The van der Waals surface area contributed by atoms with Crippen molar-refractivity contribution in [2.24, 2.45) is 5.73 Å². The number of hydrogen-bond acceptors (Lipinski definition) is 1. The van der Waals surface area contributed by atoms with Gasteiger partial charge in [0.1, 0.15) is 0 Å². The average Bonchev–Trinajstić information content (AvgIpc) is 1.38. The normalized spacial score (nSPS) is 12.5. The number of halogens is 2. The van der Waals surface area contributed by atoms with E-state index in [1.807, 2.05) is 6.92 Å². The lowest BCUT2D eigenvalue weighted by molar-refractivity contribution is 0.968. The van der Waals surface area contributed by atoms with Gasteiger partial charge in [-0.2, -0.15) is 0 Å². The Bertz CT molecular complexity index is 22.8. The summed E-state index contributed by atoms with van der Waals surface area (Å²) in [7, 11) is 0. The van der Waals surface area contributed by atoms with E-state index >= 15 is 0 Å². The van der Waals surface area contributed by atoms with Crippen LogP contribution in [0.25, 0.3) is 0 Å². The van der Waals surface area contributed by atoms with Gasteiger partial charge in [0.25, 0.3) is 0 Å². The lowest BCUT2D eigenvalue weighted by atomic mass is 10.5. The summed E-state index contributed by atoms with van der Waals surface area (Å²) in [6, 6.07) is 0. The summed E-state index contributed by atoms with van der Waals surface area (Å²) in [4.78, 5) is 0.475. The fraction of sp³-hybridized carbons (Fsp3) is 1.00. The van der Waals surface area contributed by atoms with E-state index in [2.05, 4.69) is 15.9 Å². The smallest absolute Gasteiger partial charge is 0.0240 e. The van der Waals surface area contributed by atoms with Gasteiger partial charge in [0.05, 0.1) is 0 Å². The van der Waals surface area contributed by atoms with Gasteiger partial charge in [-0.1, -0.05) is 22.9 Å². The van der Waals surface area contributed by atoms with E-state index < -0.39 is 0 Å². The molecule has 0 amide bonds. The predicted molar refractivity (Wildman–Crippen MR) is 37.8 cm³/mol. The van der Waals surface area contributed by atoms with Crippen molar-refractivity contribution in [1.82, 2.24) is 0 Å². The van der Waals surface area contributed by atoms with Crippen LogP contribution < -0.4 is 5.73 Å².